The molecule has 2 amide bonds. The number of hydrogen-bond acceptors (Lipinski definition) is 20. The fraction of sp³-hybridized carbons (Fsp3) is 0.435. The van der Waals surface area contributed by atoms with Crippen molar-refractivity contribution in [1.29, 1.82) is 0 Å². The van der Waals surface area contributed by atoms with Crippen LogP contribution >= 0.6 is 23.2 Å². The average Bonchev–Trinajstić information content (AvgIpc) is 3.36. The Morgan fingerprint density at radius 2 is 1.21 bits per heavy atom. The van der Waals surface area contributed by atoms with Gasteiger partial charge in [0, 0.05) is 37.6 Å². The second kappa shape index (κ2) is 32.6. The minimum atomic E-state index is -0.581. The summed E-state index contributed by atoms with van der Waals surface area (Å²) < 4.78 is 46.6. The first kappa shape index (κ1) is 60.9. The summed E-state index contributed by atoms with van der Waals surface area (Å²) in [6.45, 7) is 6.35. The number of carbonyl (C=O) groups is 5. The number of urea groups is 1. The Morgan fingerprint density at radius 3 is 1.62 bits per heavy atom. The maximum absolute atomic E-state index is 13.6. The molecule has 392 valence electrons. The van der Waals surface area contributed by atoms with Crippen molar-refractivity contribution in [3.8, 4) is 11.5 Å². The van der Waals surface area contributed by atoms with Crippen LogP contribution in [0.5, 0.6) is 11.5 Å². The molecule has 0 aliphatic carbocycles. The number of hydrogen-bond donors (Lipinski definition) is 6. The Balaban J connectivity index is 0.000000408. The number of aliphatic imine (C=N–C) groups is 1. The van der Waals surface area contributed by atoms with Gasteiger partial charge in [-0.15, -0.1) is 23.2 Å². The Labute approximate surface area is 425 Å². The minimum absolute atomic E-state index is 0. The largest absolute Gasteiger partial charge is 0.496 e. The highest BCUT2D eigenvalue weighted by Gasteiger charge is 2.26. The van der Waals surface area contributed by atoms with Gasteiger partial charge in [0.15, 0.2) is 0 Å². The minimum Gasteiger partial charge on any atom is -0.496 e. The summed E-state index contributed by atoms with van der Waals surface area (Å²) in [5.74, 6) is -2.04. The van der Waals surface area contributed by atoms with Crippen LogP contribution in [0, 0.1) is 11.6 Å². The molecular weight excluding hydrogens is 989 g/mol. The second-order valence-corrected chi connectivity index (χ2v) is 15.5. The first-order chi connectivity index (χ1) is 34.1. The highest BCUT2D eigenvalue weighted by atomic mass is 35.5. The van der Waals surface area contributed by atoms with E-state index in [0.29, 0.717) is 38.5 Å². The number of carbonyl (C=O) groups excluding carboxylic acids is 6. The molecule has 22 nitrogen and oxygen atoms in total. The van der Waals surface area contributed by atoms with Crippen LogP contribution in [-0.2, 0) is 23.9 Å². The number of isocyanates is 1. The number of halogens is 4. The summed E-state index contributed by atoms with van der Waals surface area (Å²) in [4.78, 5) is 90.1. The monoisotopic (exact) mass is 1050 g/mol. The number of amides is 2. The molecule has 0 radical (unpaired) electrons. The van der Waals surface area contributed by atoms with Crippen molar-refractivity contribution in [3.63, 3.8) is 0 Å². The van der Waals surface area contributed by atoms with Gasteiger partial charge >= 0.3 is 18.0 Å². The van der Waals surface area contributed by atoms with E-state index in [1.807, 2.05) is 0 Å². The highest BCUT2D eigenvalue weighted by molar-refractivity contribution is 6.40. The zero-order valence-corrected chi connectivity index (χ0v) is 40.9. The number of ketones is 2. The number of likely N-dealkylation sites (tertiary alicyclic amines) is 1. The number of aromatic nitrogens is 4. The molecule has 2 saturated heterocycles. The Kier molecular flexibility index (Phi) is 27.5. The smallest absolute Gasteiger partial charge is 0.328 e. The number of alkyl halides is 2. The predicted molar refractivity (Wildman–Crippen MR) is 266 cm³/mol. The molecular formula is C46H60Cl2F2N12O10. The second-order valence-electron chi connectivity index (χ2n) is 14.7. The number of piperidine rings is 2. The third-order valence-electron chi connectivity index (χ3n) is 9.99. The van der Waals surface area contributed by atoms with Gasteiger partial charge < -0.3 is 56.6 Å². The molecule has 6 rings (SSSR count). The van der Waals surface area contributed by atoms with E-state index in [1.54, 1.807) is 18.7 Å². The molecule has 2 fully saturated rings. The average molecular weight is 1050 g/mol. The number of nitrogens with one attached hydrogen (secondary N) is 4. The lowest BCUT2D eigenvalue weighted by atomic mass is 10.0. The lowest BCUT2D eigenvalue weighted by molar-refractivity contribution is -0.142. The fourth-order valence-electron chi connectivity index (χ4n) is 6.62. The maximum Gasteiger partial charge on any atom is 0.328 e. The number of methoxy groups -OCH3 is 2. The van der Waals surface area contributed by atoms with Crippen molar-refractivity contribution in [2.24, 2.45) is 4.99 Å². The van der Waals surface area contributed by atoms with E-state index in [9.17, 15) is 37.5 Å². The molecule has 72 heavy (non-hydrogen) atoms. The molecule has 0 spiro atoms. The van der Waals surface area contributed by atoms with Crippen LogP contribution in [0.25, 0.3) is 0 Å². The first-order valence-electron chi connectivity index (χ1n) is 21.9. The van der Waals surface area contributed by atoms with Gasteiger partial charge in [-0.3, -0.25) is 19.2 Å². The Bertz CT molecular complexity index is 2460. The third kappa shape index (κ3) is 19.9. The van der Waals surface area contributed by atoms with Crippen molar-refractivity contribution in [2.45, 2.75) is 59.0 Å². The van der Waals surface area contributed by atoms with Crippen LogP contribution in [0.4, 0.5) is 37.1 Å². The molecule has 0 atom stereocenters. The summed E-state index contributed by atoms with van der Waals surface area (Å²) in [5.41, 5.74) is 12.2. The molecule has 0 unspecified atom stereocenters. The summed E-state index contributed by atoms with van der Waals surface area (Å²) in [7, 11) is 2.79. The number of nitrogens with two attached hydrogens (primary N) is 2. The van der Waals surface area contributed by atoms with E-state index >= 15 is 0 Å². The highest BCUT2D eigenvalue weighted by Crippen LogP contribution is 2.27. The van der Waals surface area contributed by atoms with Gasteiger partial charge in [0.2, 0.25) is 29.5 Å². The number of ether oxygens (including phenoxy) is 4. The van der Waals surface area contributed by atoms with E-state index < -0.39 is 35.1 Å². The SMILES string of the molecule is C.CCOC(=O)CN=C=O.CCOC(=O)CNC(=O)N1CCC(Nc2ncc(C(=O)c3cc(F)ccc3OC)c(N)n2)CC1.COc1ccc(F)cc1C(=O)c1cnc(NC2CCNCC2)nc1N.ClCCl. The summed E-state index contributed by atoms with van der Waals surface area (Å²) in [6.07, 6.45) is 7.05. The molecule has 8 N–H and O–H groups in total. The van der Waals surface area contributed by atoms with Gasteiger partial charge in [0.1, 0.15) is 47.9 Å². The van der Waals surface area contributed by atoms with Crippen LogP contribution in [0.1, 0.15) is 78.8 Å². The van der Waals surface area contributed by atoms with Crippen molar-refractivity contribution in [3.05, 3.63) is 82.7 Å². The number of esters is 2. The first-order valence-corrected chi connectivity index (χ1v) is 22.9. The van der Waals surface area contributed by atoms with Crippen molar-refractivity contribution in [2.75, 3.05) is 94.1 Å². The summed E-state index contributed by atoms with van der Waals surface area (Å²) in [6, 6.07) is 7.28. The van der Waals surface area contributed by atoms with Gasteiger partial charge in [-0.05, 0) is 89.0 Å². The lowest BCUT2D eigenvalue weighted by Gasteiger charge is -2.32. The van der Waals surface area contributed by atoms with Gasteiger partial charge in [-0.2, -0.15) is 15.0 Å². The van der Waals surface area contributed by atoms with E-state index in [0.717, 1.165) is 38.1 Å². The number of rotatable bonds is 16. The van der Waals surface area contributed by atoms with Crippen molar-refractivity contribution in [1.82, 2.24) is 35.5 Å². The number of nitrogens with zero attached hydrogens (tertiary/aromatic N) is 6. The van der Waals surface area contributed by atoms with E-state index in [4.69, 9.17) is 48.9 Å². The van der Waals surface area contributed by atoms with Gasteiger partial charge in [0.05, 0.1) is 55.0 Å². The van der Waals surface area contributed by atoms with Crippen LogP contribution < -0.4 is 42.2 Å². The van der Waals surface area contributed by atoms with Gasteiger partial charge in [0.25, 0.3) is 0 Å². The Hall–Kier alpha value is -7.27. The summed E-state index contributed by atoms with van der Waals surface area (Å²) >= 11 is 9.53. The molecule has 0 bridgehead atoms. The van der Waals surface area contributed by atoms with Crippen LogP contribution in [0.15, 0.2) is 53.8 Å². The molecule has 2 aromatic carbocycles. The zero-order valence-electron chi connectivity index (χ0n) is 39.4. The van der Waals surface area contributed by atoms with Crippen LogP contribution in [0.2, 0.25) is 0 Å². The molecule has 2 aromatic heterocycles. The van der Waals surface area contributed by atoms with E-state index in [1.165, 1.54) is 57.0 Å². The topological polar surface area (TPSA) is 307 Å². The van der Waals surface area contributed by atoms with Crippen LogP contribution in [-0.4, -0.2) is 145 Å². The Morgan fingerprint density at radius 1 is 0.764 bits per heavy atom. The lowest BCUT2D eigenvalue weighted by Crippen LogP contribution is -2.48. The van der Waals surface area contributed by atoms with Crippen molar-refractivity contribution < 1.29 is 56.5 Å². The summed E-state index contributed by atoms with van der Waals surface area (Å²) in [5, 5.41) is 12.4. The molecule has 26 heteroatoms. The predicted octanol–water partition coefficient (Wildman–Crippen LogP) is 5.13. The molecule has 4 heterocycles. The number of anilines is 4. The number of nitrogen functional groups attached to an aromatic ring is 2. The van der Waals surface area contributed by atoms with E-state index in [-0.39, 0.29) is 102 Å². The van der Waals surface area contributed by atoms with E-state index in [2.05, 4.69) is 50.9 Å². The zero-order chi connectivity index (χ0) is 52.3. The molecule has 4 aromatic rings. The molecule has 0 saturated carbocycles. The fourth-order valence-corrected chi connectivity index (χ4v) is 6.62. The standard InChI is InChI=1S/C22H27FN6O5.C17H20FN5O2.C5H7NO3.CH2Cl2.CH4/c1-3-34-18(30)12-26-22(32)29-8-6-14(7-9-29)27-21-25-11-16(20(24)28-21)19(31)15-10-13(23)4-5-17(15)33-2;1-25-14-3-2-10(18)8-12(14)15(24)13-9-21-17(23-16(13)19)22-11-4-6-20-7-5-11;1-2-9-5(8)3-6-4-7;2-1-3;/h4-5,10-11,14H,3,6-9,12H2,1-2H3,(H,26,32)(H3,24,25,27,28);2-3,8-9,11,20H,4-7H2,1H3,(H3,19,21,22,23);2-3H2,1H3;1H2;1H4. The normalized spacial score (nSPS) is 12.9. The molecule has 2 aliphatic rings. The van der Waals surface area contributed by atoms with Crippen LogP contribution in [0.3, 0.4) is 0 Å². The third-order valence-corrected chi connectivity index (χ3v) is 9.99. The molecule has 2 aliphatic heterocycles. The van der Waals surface area contributed by atoms with Crippen molar-refractivity contribution >= 4 is 82.4 Å². The maximum atomic E-state index is 13.6. The quantitative estimate of drug-likeness (QED) is 0.0278. The van der Waals surface area contributed by atoms with Gasteiger partial charge in [-0.1, -0.05) is 7.43 Å². The van der Waals surface area contributed by atoms with Gasteiger partial charge in [-0.25, -0.2) is 28.3 Å². The number of benzene rings is 2.